The molecule has 0 heterocycles. The Morgan fingerprint density at radius 3 is 2.84 bits per heavy atom. The molecule has 1 aliphatic carbocycles. The number of ether oxygens (including phenoxy) is 2. The van der Waals surface area contributed by atoms with Crippen LogP contribution in [0.5, 0.6) is 5.75 Å². The van der Waals surface area contributed by atoms with Crippen molar-refractivity contribution < 1.29 is 14.6 Å². The van der Waals surface area contributed by atoms with Gasteiger partial charge >= 0.3 is 0 Å². The highest BCUT2D eigenvalue weighted by molar-refractivity contribution is 5.45. The summed E-state index contributed by atoms with van der Waals surface area (Å²) in [5, 5.41) is 17.6. The highest BCUT2D eigenvalue weighted by atomic mass is 16.5. The third kappa shape index (κ3) is 3.62. The van der Waals surface area contributed by atoms with Crippen LogP contribution >= 0.6 is 0 Å². The molecular formula is C15H19NO3. The molecule has 0 bridgehead atoms. The van der Waals surface area contributed by atoms with Crippen LogP contribution in [0.4, 0.5) is 0 Å². The van der Waals surface area contributed by atoms with Gasteiger partial charge in [0.15, 0.2) is 0 Å². The van der Waals surface area contributed by atoms with E-state index < -0.39 is 0 Å². The van der Waals surface area contributed by atoms with E-state index in [-0.39, 0.29) is 6.61 Å². The van der Waals surface area contributed by atoms with Crippen molar-refractivity contribution in [2.45, 2.75) is 38.7 Å². The third-order valence-electron chi connectivity index (χ3n) is 3.38. The zero-order chi connectivity index (χ0) is 13.5. The monoisotopic (exact) mass is 261 g/mol. The summed E-state index contributed by atoms with van der Waals surface area (Å²) in [6.07, 6.45) is 6.84. The molecule has 4 nitrogen and oxygen atoms in total. The molecule has 19 heavy (non-hydrogen) atoms. The number of aliphatic hydroxyl groups is 1. The molecule has 1 aromatic carbocycles. The Morgan fingerprint density at radius 1 is 1.21 bits per heavy atom. The molecule has 0 amide bonds. The van der Waals surface area contributed by atoms with Gasteiger partial charge in [-0.2, -0.15) is 5.26 Å². The second-order valence-corrected chi connectivity index (χ2v) is 4.74. The molecule has 1 aliphatic rings. The molecule has 0 aliphatic heterocycles. The van der Waals surface area contributed by atoms with E-state index in [1.54, 1.807) is 6.26 Å². The predicted octanol–water partition coefficient (Wildman–Crippen LogP) is 2.32. The molecular weight excluding hydrogens is 242 g/mol. The minimum absolute atomic E-state index is 0.0428. The largest absolute Gasteiger partial charge is 0.493 e. The Kier molecular flexibility index (Phi) is 5.05. The number of aryl methyl sites for hydroxylation is 1. The first-order chi connectivity index (χ1) is 9.35. The lowest BCUT2D eigenvalue weighted by Crippen LogP contribution is -2.09. The van der Waals surface area contributed by atoms with Crippen molar-refractivity contribution in [3.8, 4) is 12.0 Å². The van der Waals surface area contributed by atoms with Gasteiger partial charge < -0.3 is 14.6 Å². The lowest BCUT2D eigenvalue weighted by atomic mass is 9.89. The van der Waals surface area contributed by atoms with Crippen LogP contribution in [-0.2, 0) is 24.2 Å². The minimum Gasteiger partial charge on any atom is -0.493 e. The number of rotatable bonds is 6. The van der Waals surface area contributed by atoms with Crippen molar-refractivity contribution >= 4 is 0 Å². The molecule has 2 rings (SSSR count). The van der Waals surface area contributed by atoms with E-state index in [4.69, 9.17) is 10.00 Å². The fraction of sp³-hybridized carbons (Fsp3) is 0.533. The molecule has 0 spiro atoms. The van der Waals surface area contributed by atoms with Crippen molar-refractivity contribution in [3.63, 3.8) is 0 Å². The quantitative estimate of drug-likeness (QED) is 0.630. The molecule has 0 saturated heterocycles. The van der Waals surface area contributed by atoms with Gasteiger partial charge in [-0.1, -0.05) is 6.07 Å². The summed E-state index contributed by atoms with van der Waals surface area (Å²) in [7, 11) is 0. The summed E-state index contributed by atoms with van der Waals surface area (Å²) in [5.41, 5.74) is 3.50. The molecule has 102 valence electrons. The average Bonchev–Trinajstić information content (AvgIpc) is 2.46. The fourth-order valence-electron chi connectivity index (χ4n) is 2.47. The van der Waals surface area contributed by atoms with Gasteiger partial charge in [0.05, 0.1) is 13.2 Å². The Morgan fingerprint density at radius 2 is 2.05 bits per heavy atom. The highest BCUT2D eigenvalue weighted by Gasteiger charge is 2.15. The second-order valence-electron chi connectivity index (χ2n) is 4.74. The Hall–Kier alpha value is -1.73. The molecule has 0 atom stereocenters. The van der Waals surface area contributed by atoms with Gasteiger partial charge in [0.25, 0.3) is 6.26 Å². The smallest absolute Gasteiger partial charge is 0.286 e. The first-order valence-corrected chi connectivity index (χ1v) is 6.74. The Labute approximate surface area is 113 Å². The van der Waals surface area contributed by atoms with E-state index in [2.05, 4.69) is 10.8 Å². The standard InChI is InChI=1S/C15H19NO3/c16-11-18-6-3-7-19-15-9-12(10-17)8-13-4-1-2-5-14(13)15/h8-9,17H,1-7,10H2. The molecule has 1 N–H and O–H groups in total. The van der Waals surface area contributed by atoms with Gasteiger partial charge in [0, 0.05) is 6.42 Å². The predicted molar refractivity (Wildman–Crippen MR) is 70.7 cm³/mol. The van der Waals surface area contributed by atoms with Gasteiger partial charge in [-0.05, 0) is 48.4 Å². The summed E-state index contributed by atoms with van der Waals surface area (Å²) in [5.74, 6) is 0.887. The van der Waals surface area contributed by atoms with Crippen molar-refractivity contribution in [1.29, 1.82) is 5.26 Å². The van der Waals surface area contributed by atoms with Crippen LogP contribution in [-0.4, -0.2) is 18.3 Å². The third-order valence-corrected chi connectivity index (χ3v) is 3.38. The van der Waals surface area contributed by atoms with Crippen molar-refractivity contribution in [2.75, 3.05) is 13.2 Å². The molecule has 0 saturated carbocycles. The fourth-order valence-corrected chi connectivity index (χ4v) is 2.47. The zero-order valence-corrected chi connectivity index (χ0v) is 11.0. The number of fused-ring (bicyclic) bond motifs is 1. The van der Waals surface area contributed by atoms with Gasteiger partial charge in [-0.3, -0.25) is 0 Å². The van der Waals surface area contributed by atoms with Crippen LogP contribution in [0.2, 0.25) is 0 Å². The van der Waals surface area contributed by atoms with Crippen LogP contribution in [0.15, 0.2) is 12.1 Å². The maximum absolute atomic E-state index is 9.29. The van der Waals surface area contributed by atoms with Crippen LogP contribution in [0.25, 0.3) is 0 Å². The minimum atomic E-state index is 0.0428. The maximum Gasteiger partial charge on any atom is 0.286 e. The van der Waals surface area contributed by atoms with Crippen LogP contribution in [0.3, 0.4) is 0 Å². The van der Waals surface area contributed by atoms with Crippen molar-refractivity contribution in [2.24, 2.45) is 0 Å². The molecule has 0 aromatic heterocycles. The summed E-state index contributed by atoms with van der Waals surface area (Å²) >= 11 is 0. The molecule has 0 fully saturated rings. The molecule has 0 unspecified atom stereocenters. The van der Waals surface area contributed by atoms with Crippen molar-refractivity contribution in [3.05, 3.63) is 28.8 Å². The van der Waals surface area contributed by atoms with Gasteiger partial charge in [0.2, 0.25) is 0 Å². The summed E-state index contributed by atoms with van der Waals surface area (Å²) < 4.78 is 10.4. The van der Waals surface area contributed by atoms with E-state index in [0.29, 0.717) is 19.6 Å². The van der Waals surface area contributed by atoms with E-state index in [1.165, 1.54) is 24.0 Å². The van der Waals surface area contributed by atoms with E-state index in [1.807, 2.05) is 6.07 Å². The van der Waals surface area contributed by atoms with Gasteiger partial charge in [0.1, 0.15) is 12.4 Å². The Bertz CT molecular complexity index is 465. The summed E-state index contributed by atoms with van der Waals surface area (Å²) in [6, 6.07) is 4.01. The SMILES string of the molecule is N#COCCCOc1cc(CO)cc2c1CCCC2. The van der Waals surface area contributed by atoms with Crippen LogP contribution in [0.1, 0.15) is 36.0 Å². The van der Waals surface area contributed by atoms with E-state index >= 15 is 0 Å². The number of nitrogens with zero attached hydrogens (tertiary/aromatic N) is 1. The zero-order valence-electron chi connectivity index (χ0n) is 11.0. The second kappa shape index (κ2) is 7.01. The normalized spacial score (nSPS) is 13.5. The number of nitriles is 1. The maximum atomic E-state index is 9.29. The van der Waals surface area contributed by atoms with Gasteiger partial charge in [-0.25, -0.2) is 0 Å². The number of hydrogen-bond acceptors (Lipinski definition) is 4. The Balaban J connectivity index is 2.03. The molecule has 0 radical (unpaired) electrons. The van der Waals surface area contributed by atoms with E-state index in [9.17, 15) is 5.11 Å². The first kappa shape index (κ1) is 13.7. The summed E-state index contributed by atoms with van der Waals surface area (Å²) in [4.78, 5) is 0. The highest BCUT2D eigenvalue weighted by Crippen LogP contribution is 2.31. The van der Waals surface area contributed by atoms with Crippen LogP contribution < -0.4 is 4.74 Å². The lowest BCUT2D eigenvalue weighted by molar-refractivity contribution is 0.220. The number of aliphatic hydroxyl groups excluding tert-OH is 1. The first-order valence-electron chi connectivity index (χ1n) is 6.74. The molecule has 1 aromatic rings. The molecule has 4 heteroatoms. The topological polar surface area (TPSA) is 62.5 Å². The summed E-state index contributed by atoms with van der Waals surface area (Å²) in [6.45, 7) is 0.961. The van der Waals surface area contributed by atoms with Gasteiger partial charge in [-0.15, -0.1) is 0 Å². The lowest BCUT2D eigenvalue weighted by Gasteiger charge is -2.21. The number of hydrogen-bond donors (Lipinski definition) is 1. The number of benzene rings is 1. The van der Waals surface area contributed by atoms with E-state index in [0.717, 1.165) is 24.2 Å². The van der Waals surface area contributed by atoms with Crippen molar-refractivity contribution in [1.82, 2.24) is 0 Å². The average molecular weight is 261 g/mol. The van der Waals surface area contributed by atoms with Crippen LogP contribution in [0, 0.1) is 11.5 Å².